The number of nitrogens with one attached hydrogen (secondary N) is 2. The van der Waals surface area contributed by atoms with Gasteiger partial charge in [0.05, 0.1) is 23.1 Å². The van der Waals surface area contributed by atoms with Crippen LogP contribution in [0.1, 0.15) is 34.1 Å². The molecule has 1 aliphatic heterocycles. The lowest BCUT2D eigenvalue weighted by Crippen LogP contribution is -2.40. The van der Waals surface area contributed by atoms with Crippen molar-refractivity contribution in [2.75, 3.05) is 11.1 Å². The van der Waals surface area contributed by atoms with E-state index in [9.17, 15) is 24.5 Å². The average molecular weight is 481 g/mol. The van der Waals surface area contributed by atoms with Crippen molar-refractivity contribution in [3.05, 3.63) is 64.9 Å². The zero-order chi connectivity index (χ0) is 24.2. The number of Topliss-reactive ketones (excluding diaryl/α,β-unsaturated/α-hetero) is 1. The highest BCUT2D eigenvalue weighted by molar-refractivity contribution is 7.13. The number of carboxylic acids is 1. The summed E-state index contributed by atoms with van der Waals surface area (Å²) in [6.45, 7) is 0. The molecule has 4 rings (SSSR count). The van der Waals surface area contributed by atoms with E-state index in [1.165, 1.54) is 12.3 Å². The number of aromatic nitrogens is 2. The van der Waals surface area contributed by atoms with Gasteiger partial charge in [0, 0.05) is 23.8 Å². The summed E-state index contributed by atoms with van der Waals surface area (Å²) in [4.78, 5) is 45.3. The number of pyridine rings is 1. The first-order chi connectivity index (χ1) is 16.3. The van der Waals surface area contributed by atoms with Crippen molar-refractivity contribution in [1.82, 2.24) is 15.3 Å². The van der Waals surface area contributed by atoms with Gasteiger partial charge in [-0.1, -0.05) is 12.1 Å². The predicted octanol–water partition coefficient (Wildman–Crippen LogP) is 2.13. The third-order valence-corrected chi connectivity index (χ3v) is 5.96. The van der Waals surface area contributed by atoms with Gasteiger partial charge in [0.15, 0.2) is 10.9 Å². The molecule has 6 N–H and O–H groups in total. The average Bonchev–Trinajstić information content (AvgIpc) is 3.24. The van der Waals surface area contributed by atoms with Crippen LogP contribution in [0.25, 0.3) is 0 Å². The first-order valence-corrected chi connectivity index (χ1v) is 11.1. The first kappa shape index (κ1) is 23.2. The number of thiazole rings is 1. The molecule has 11 nitrogen and oxygen atoms in total. The number of nitrogens with zero attached hydrogens (tertiary/aromatic N) is 2. The Balaban J connectivity index is 1.51. The number of ketones is 1. The maximum Gasteiger partial charge on any atom is 0.526 e. The Morgan fingerprint density at radius 1 is 1.29 bits per heavy atom. The van der Waals surface area contributed by atoms with Crippen LogP contribution in [-0.4, -0.2) is 45.0 Å². The highest BCUT2D eigenvalue weighted by Crippen LogP contribution is 2.37. The Morgan fingerprint density at radius 2 is 2.12 bits per heavy atom. The molecule has 0 fully saturated rings. The molecule has 0 aliphatic carbocycles. The molecule has 1 aliphatic rings. The molecule has 0 radical (unpaired) electrons. The second-order valence-corrected chi connectivity index (χ2v) is 8.52. The SMILES string of the molecule is Nc1nc(C(NC(=O)Nc2cccnc2)C(=O)C[C@H]2Cc3cccc(C(=O)O)c3OB2O)cs1. The number of fused-ring (bicyclic) bond motifs is 1. The van der Waals surface area contributed by atoms with E-state index in [4.69, 9.17) is 10.4 Å². The number of amides is 2. The number of para-hydroxylation sites is 1. The molecule has 3 aromatic rings. The monoisotopic (exact) mass is 481 g/mol. The number of benzene rings is 1. The molecular weight excluding hydrogens is 461 g/mol. The van der Waals surface area contributed by atoms with Crippen LogP contribution in [0.4, 0.5) is 15.6 Å². The van der Waals surface area contributed by atoms with Crippen molar-refractivity contribution >= 4 is 47.1 Å². The van der Waals surface area contributed by atoms with E-state index in [1.54, 1.807) is 35.8 Å². The molecule has 0 saturated carbocycles. The second-order valence-electron chi connectivity index (χ2n) is 7.63. The van der Waals surface area contributed by atoms with Crippen LogP contribution in [0.3, 0.4) is 0 Å². The topological polar surface area (TPSA) is 177 Å². The zero-order valence-electron chi connectivity index (χ0n) is 17.7. The summed E-state index contributed by atoms with van der Waals surface area (Å²) < 4.78 is 5.47. The van der Waals surface area contributed by atoms with Gasteiger partial charge >= 0.3 is 19.1 Å². The summed E-state index contributed by atoms with van der Waals surface area (Å²) >= 11 is 1.13. The van der Waals surface area contributed by atoms with E-state index in [0.717, 1.165) is 11.3 Å². The van der Waals surface area contributed by atoms with E-state index in [2.05, 4.69) is 20.6 Å². The fourth-order valence-corrected chi connectivity index (χ4v) is 4.28. The summed E-state index contributed by atoms with van der Waals surface area (Å²) in [6, 6.07) is 6.17. The van der Waals surface area contributed by atoms with Gasteiger partial charge in [0.1, 0.15) is 11.8 Å². The molecule has 2 aromatic heterocycles. The maximum atomic E-state index is 13.2. The Kier molecular flexibility index (Phi) is 6.75. The van der Waals surface area contributed by atoms with Crippen LogP contribution in [0.5, 0.6) is 5.75 Å². The summed E-state index contributed by atoms with van der Waals surface area (Å²) in [5.74, 6) is -2.17. The summed E-state index contributed by atoms with van der Waals surface area (Å²) in [5.41, 5.74) is 6.93. The highest BCUT2D eigenvalue weighted by Gasteiger charge is 2.39. The minimum Gasteiger partial charge on any atom is -0.535 e. The molecule has 2 atom stereocenters. The molecule has 174 valence electrons. The van der Waals surface area contributed by atoms with Gasteiger partial charge < -0.3 is 31.2 Å². The Morgan fingerprint density at radius 3 is 2.79 bits per heavy atom. The predicted molar refractivity (Wildman–Crippen MR) is 125 cm³/mol. The minimum absolute atomic E-state index is 0.0640. The van der Waals surface area contributed by atoms with Crippen LogP contribution >= 0.6 is 11.3 Å². The first-order valence-electron chi connectivity index (χ1n) is 10.2. The minimum atomic E-state index is -1.40. The highest BCUT2D eigenvalue weighted by atomic mass is 32.1. The number of carbonyl (C=O) groups is 3. The molecule has 1 aromatic carbocycles. The van der Waals surface area contributed by atoms with Crippen molar-refractivity contribution in [1.29, 1.82) is 0 Å². The normalized spacial score (nSPS) is 15.6. The largest absolute Gasteiger partial charge is 0.535 e. The van der Waals surface area contributed by atoms with Crippen LogP contribution < -0.4 is 21.0 Å². The molecule has 0 spiro atoms. The number of hydrogen-bond acceptors (Lipinski definition) is 9. The number of anilines is 2. The van der Waals surface area contributed by atoms with Gasteiger partial charge in [-0.25, -0.2) is 14.6 Å². The van der Waals surface area contributed by atoms with E-state index in [1.807, 2.05) is 0 Å². The number of aromatic carboxylic acids is 1. The van der Waals surface area contributed by atoms with Crippen molar-refractivity contribution in [3.8, 4) is 5.75 Å². The van der Waals surface area contributed by atoms with Crippen molar-refractivity contribution in [3.63, 3.8) is 0 Å². The van der Waals surface area contributed by atoms with Crippen LogP contribution in [0.15, 0.2) is 48.1 Å². The standard InChI is InChI=1S/C21H20BN5O6S/c23-20-26-15(10-34-20)17(27-21(31)25-13-4-2-6-24-9-13)16(28)8-12-7-11-3-1-5-14(19(29)30)18(11)33-22(12)32/h1-6,9-10,12,17,32H,7-8H2,(H2,23,26)(H,29,30)(H2,25,27,31)/t12-,17?/m1/s1. The van der Waals surface area contributed by atoms with Gasteiger partial charge in [-0.3, -0.25) is 9.78 Å². The second kappa shape index (κ2) is 9.89. The van der Waals surface area contributed by atoms with E-state index < -0.39 is 36.8 Å². The van der Waals surface area contributed by atoms with E-state index >= 15 is 0 Å². The lowest BCUT2D eigenvalue weighted by Gasteiger charge is -2.28. The lowest BCUT2D eigenvalue weighted by atomic mass is 9.64. The van der Waals surface area contributed by atoms with Crippen LogP contribution in [0.2, 0.25) is 5.82 Å². The number of carboxylic acid groups (broad SMARTS) is 1. The molecule has 0 bridgehead atoms. The van der Waals surface area contributed by atoms with Crippen molar-refractivity contribution < 1.29 is 29.2 Å². The Bertz CT molecular complexity index is 1220. The van der Waals surface area contributed by atoms with E-state index in [-0.39, 0.29) is 35.0 Å². The van der Waals surface area contributed by atoms with Gasteiger partial charge in [0.2, 0.25) is 0 Å². The summed E-state index contributed by atoms with van der Waals surface area (Å²) in [5, 5.41) is 26.9. The van der Waals surface area contributed by atoms with Crippen molar-refractivity contribution in [2.24, 2.45) is 0 Å². The molecule has 2 amide bonds. The number of nitrogens with two attached hydrogens (primary N) is 1. The third-order valence-electron chi connectivity index (χ3n) is 5.27. The zero-order valence-corrected chi connectivity index (χ0v) is 18.5. The number of hydrogen-bond donors (Lipinski definition) is 5. The summed E-state index contributed by atoms with van der Waals surface area (Å²) in [7, 11) is -1.40. The number of urea groups is 1. The fraction of sp³-hybridized carbons (Fsp3) is 0.190. The van der Waals surface area contributed by atoms with Crippen molar-refractivity contribution in [2.45, 2.75) is 24.7 Å². The van der Waals surface area contributed by atoms with Gasteiger partial charge in [-0.15, -0.1) is 11.3 Å². The Hall–Kier alpha value is -3.97. The van der Waals surface area contributed by atoms with Gasteiger partial charge in [-0.2, -0.15) is 0 Å². The lowest BCUT2D eigenvalue weighted by molar-refractivity contribution is -0.121. The Labute approximate surface area is 198 Å². The van der Waals surface area contributed by atoms with E-state index in [0.29, 0.717) is 11.3 Å². The molecule has 13 heteroatoms. The van der Waals surface area contributed by atoms with Crippen LogP contribution in [-0.2, 0) is 11.2 Å². The smallest absolute Gasteiger partial charge is 0.526 e. The van der Waals surface area contributed by atoms with Gasteiger partial charge in [-0.05, 0) is 30.2 Å². The van der Waals surface area contributed by atoms with Gasteiger partial charge in [0.25, 0.3) is 0 Å². The number of carbonyl (C=O) groups excluding carboxylic acids is 2. The molecular formula is C21H20BN5O6S. The molecule has 3 heterocycles. The fourth-order valence-electron chi connectivity index (χ4n) is 3.69. The number of rotatable bonds is 7. The summed E-state index contributed by atoms with van der Waals surface area (Å²) in [6.07, 6.45) is 3.07. The quantitative estimate of drug-likeness (QED) is 0.316. The number of nitrogen functional groups attached to an aromatic ring is 1. The molecule has 34 heavy (non-hydrogen) atoms. The third kappa shape index (κ3) is 5.16. The molecule has 0 saturated heterocycles. The van der Waals surface area contributed by atoms with Crippen LogP contribution in [0, 0.1) is 0 Å². The molecule has 1 unspecified atom stereocenters. The maximum absolute atomic E-state index is 13.2.